The summed E-state index contributed by atoms with van der Waals surface area (Å²) in [5.74, 6) is 0.845. The molecule has 0 aromatic heterocycles. The number of benzene rings is 1. The van der Waals surface area contributed by atoms with Crippen molar-refractivity contribution in [2.45, 2.75) is 37.9 Å². The van der Waals surface area contributed by atoms with Gasteiger partial charge in [-0.1, -0.05) is 28.9 Å². The third-order valence-electron chi connectivity index (χ3n) is 4.44. The lowest BCUT2D eigenvalue weighted by Crippen LogP contribution is -2.50. The van der Waals surface area contributed by atoms with Gasteiger partial charge in [0.25, 0.3) is 0 Å². The van der Waals surface area contributed by atoms with Crippen LogP contribution in [0.15, 0.2) is 22.7 Å². The summed E-state index contributed by atoms with van der Waals surface area (Å²) in [6.45, 7) is 5.42. The molecule has 3 nitrogen and oxygen atoms in total. The van der Waals surface area contributed by atoms with E-state index in [1.165, 1.54) is 0 Å². The molecule has 2 aliphatic heterocycles. The Labute approximate surface area is 122 Å². The Bertz CT molecular complexity index is 469. The number of piperidine rings is 1. The molecule has 0 bridgehead atoms. The lowest BCUT2D eigenvalue weighted by molar-refractivity contribution is -0.0531. The minimum absolute atomic E-state index is 0.168. The molecule has 1 fully saturated rings. The van der Waals surface area contributed by atoms with Crippen molar-refractivity contribution in [2.24, 2.45) is 0 Å². The van der Waals surface area contributed by atoms with Gasteiger partial charge in [-0.15, -0.1) is 0 Å². The Kier molecular flexibility index (Phi) is 3.58. The number of hydrogen-bond donors (Lipinski definition) is 1. The van der Waals surface area contributed by atoms with Gasteiger partial charge in [-0.05, 0) is 31.5 Å². The molecule has 19 heavy (non-hydrogen) atoms. The standard InChI is InChI=1S/C15H20BrNO2/c1-2-17-7-5-15(6-8-17)10-13(18)12-4-3-11(16)9-14(12)19-15/h3-4,9,13,18H,2,5-8,10H2,1H3/t13-/m0/s1. The van der Waals surface area contributed by atoms with Crippen molar-refractivity contribution in [3.63, 3.8) is 0 Å². The number of aliphatic hydroxyl groups is 1. The van der Waals surface area contributed by atoms with E-state index in [1.807, 2.05) is 18.2 Å². The molecular weight excluding hydrogens is 306 g/mol. The van der Waals surface area contributed by atoms with Gasteiger partial charge in [-0.3, -0.25) is 0 Å². The van der Waals surface area contributed by atoms with Crippen molar-refractivity contribution in [3.8, 4) is 5.75 Å². The fourth-order valence-electron chi connectivity index (χ4n) is 3.19. The highest BCUT2D eigenvalue weighted by atomic mass is 79.9. The van der Waals surface area contributed by atoms with Crippen LogP contribution in [-0.4, -0.2) is 35.2 Å². The zero-order chi connectivity index (χ0) is 13.5. The SMILES string of the molecule is CCN1CCC2(CC1)C[C@H](O)c1ccc(Br)cc1O2. The lowest BCUT2D eigenvalue weighted by atomic mass is 9.81. The predicted octanol–water partition coefficient (Wildman–Crippen LogP) is 3.12. The first-order chi connectivity index (χ1) is 9.12. The summed E-state index contributed by atoms with van der Waals surface area (Å²) in [7, 11) is 0. The first-order valence-corrected chi connectivity index (χ1v) is 7.80. The van der Waals surface area contributed by atoms with E-state index in [4.69, 9.17) is 4.74 Å². The zero-order valence-electron chi connectivity index (χ0n) is 11.2. The van der Waals surface area contributed by atoms with Crippen molar-refractivity contribution in [1.29, 1.82) is 0 Å². The van der Waals surface area contributed by atoms with Gasteiger partial charge in [0.15, 0.2) is 0 Å². The van der Waals surface area contributed by atoms with Gasteiger partial charge in [0.1, 0.15) is 11.4 Å². The zero-order valence-corrected chi connectivity index (χ0v) is 12.8. The molecular formula is C15H20BrNO2. The van der Waals surface area contributed by atoms with Crippen LogP contribution in [-0.2, 0) is 0 Å². The number of halogens is 1. The van der Waals surface area contributed by atoms with Crippen molar-refractivity contribution >= 4 is 15.9 Å². The van der Waals surface area contributed by atoms with Gasteiger partial charge in [0, 0.05) is 29.5 Å². The van der Waals surface area contributed by atoms with Gasteiger partial charge >= 0.3 is 0 Å². The first-order valence-electron chi connectivity index (χ1n) is 7.01. The van der Waals surface area contributed by atoms with E-state index in [1.54, 1.807) is 0 Å². The fourth-order valence-corrected chi connectivity index (χ4v) is 3.53. The second-order valence-electron chi connectivity index (χ2n) is 5.62. The van der Waals surface area contributed by atoms with Crippen molar-refractivity contribution in [2.75, 3.05) is 19.6 Å². The maximum atomic E-state index is 10.4. The van der Waals surface area contributed by atoms with Gasteiger partial charge in [0.05, 0.1) is 6.10 Å². The number of fused-ring (bicyclic) bond motifs is 1. The Morgan fingerprint density at radius 2 is 2.16 bits per heavy atom. The third kappa shape index (κ3) is 2.54. The maximum absolute atomic E-state index is 10.4. The largest absolute Gasteiger partial charge is 0.487 e. The minimum atomic E-state index is -0.398. The summed E-state index contributed by atoms with van der Waals surface area (Å²) in [4.78, 5) is 2.44. The quantitative estimate of drug-likeness (QED) is 0.861. The summed E-state index contributed by atoms with van der Waals surface area (Å²) in [6, 6.07) is 5.90. The summed E-state index contributed by atoms with van der Waals surface area (Å²) >= 11 is 3.47. The van der Waals surface area contributed by atoms with Crippen molar-refractivity contribution < 1.29 is 9.84 Å². The highest BCUT2D eigenvalue weighted by molar-refractivity contribution is 9.10. The third-order valence-corrected chi connectivity index (χ3v) is 4.93. The Morgan fingerprint density at radius 1 is 1.42 bits per heavy atom. The number of rotatable bonds is 1. The highest BCUT2D eigenvalue weighted by Gasteiger charge is 2.42. The van der Waals surface area contributed by atoms with Crippen LogP contribution in [0.3, 0.4) is 0 Å². The Balaban J connectivity index is 1.84. The fraction of sp³-hybridized carbons (Fsp3) is 0.600. The topological polar surface area (TPSA) is 32.7 Å². The van der Waals surface area contributed by atoms with E-state index in [-0.39, 0.29) is 5.60 Å². The van der Waals surface area contributed by atoms with Crippen LogP contribution in [0.1, 0.15) is 37.9 Å². The second-order valence-corrected chi connectivity index (χ2v) is 6.54. The smallest absolute Gasteiger partial charge is 0.127 e. The van der Waals surface area contributed by atoms with Crippen LogP contribution in [0.25, 0.3) is 0 Å². The predicted molar refractivity (Wildman–Crippen MR) is 78.4 cm³/mol. The molecule has 2 heterocycles. The number of nitrogens with zero attached hydrogens (tertiary/aromatic N) is 1. The average Bonchev–Trinajstić information content (AvgIpc) is 2.39. The highest BCUT2D eigenvalue weighted by Crippen LogP contribution is 2.44. The first kappa shape index (κ1) is 13.4. The summed E-state index contributed by atoms with van der Waals surface area (Å²) in [5.41, 5.74) is 0.755. The van der Waals surface area contributed by atoms with Gasteiger partial charge < -0.3 is 14.7 Å². The van der Waals surface area contributed by atoms with E-state index in [0.717, 1.165) is 54.7 Å². The van der Waals surface area contributed by atoms with Crippen LogP contribution in [0.2, 0.25) is 0 Å². The molecule has 1 N–H and O–H groups in total. The Hall–Kier alpha value is -0.580. The lowest BCUT2D eigenvalue weighted by Gasteiger charge is -2.45. The normalized spacial score (nSPS) is 25.9. The molecule has 0 radical (unpaired) electrons. The van der Waals surface area contributed by atoms with Crippen LogP contribution in [0, 0.1) is 0 Å². The van der Waals surface area contributed by atoms with Gasteiger partial charge in [-0.25, -0.2) is 0 Å². The molecule has 0 saturated carbocycles. The molecule has 1 saturated heterocycles. The molecule has 1 spiro atoms. The monoisotopic (exact) mass is 325 g/mol. The number of aliphatic hydroxyl groups excluding tert-OH is 1. The molecule has 1 aromatic rings. The van der Waals surface area contributed by atoms with Crippen molar-refractivity contribution in [1.82, 2.24) is 4.90 Å². The summed E-state index contributed by atoms with van der Waals surface area (Å²) < 4.78 is 7.29. The van der Waals surface area contributed by atoms with E-state index in [0.29, 0.717) is 0 Å². The molecule has 3 rings (SSSR count). The molecule has 0 amide bonds. The van der Waals surface area contributed by atoms with E-state index in [2.05, 4.69) is 27.8 Å². The second kappa shape index (κ2) is 5.08. The number of hydrogen-bond acceptors (Lipinski definition) is 3. The van der Waals surface area contributed by atoms with E-state index >= 15 is 0 Å². The Morgan fingerprint density at radius 3 is 2.84 bits per heavy atom. The summed E-state index contributed by atoms with van der Waals surface area (Å²) in [6.07, 6.45) is 2.33. The van der Waals surface area contributed by atoms with Crippen LogP contribution < -0.4 is 4.74 Å². The van der Waals surface area contributed by atoms with E-state index in [9.17, 15) is 5.11 Å². The van der Waals surface area contributed by atoms with Crippen molar-refractivity contribution in [3.05, 3.63) is 28.2 Å². The minimum Gasteiger partial charge on any atom is -0.487 e. The molecule has 0 aliphatic carbocycles. The number of likely N-dealkylation sites (tertiary alicyclic amines) is 1. The molecule has 104 valence electrons. The van der Waals surface area contributed by atoms with Crippen LogP contribution in [0.5, 0.6) is 5.75 Å². The van der Waals surface area contributed by atoms with Crippen LogP contribution >= 0.6 is 15.9 Å². The molecule has 2 aliphatic rings. The molecule has 1 aromatic carbocycles. The molecule has 4 heteroatoms. The molecule has 1 atom stereocenters. The molecule has 0 unspecified atom stereocenters. The van der Waals surface area contributed by atoms with Crippen LogP contribution in [0.4, 0.5) is 0 Å². The number of ether oxygens (including phenoxy) is 1. The average molecular weight is 326 g/mol. The van der Waals surface area contributed by atoms with Gasteiger partial charge in [-0.2, -0.15) is 0 Å². The summed E-state index contributed by atoms with van der Waals surface area (Å²) in [5, 5.41) is 10.4. The van der Waals surface area contributed by atoms with E-state index < -0.39 is 6.10 Å². The van der Waals surface area contributed by atoms with Gasteiger partial charge in [0.2, 0.25) is 0 Å². The maximum Gasteiger partial charge on any atom is 0.127 e.